The summed E-state index contributed by atoms with van der Waals surface area (Å²) in [5, 5.41) is 22.2. The maximum atomic E-state index is 10.7. The number of hydrogen-bond acceptors (Lipinski definition) is 3. The summed E-state index contributed by atoms with van der Waals surface area (Å²) in [6.07, 6.45) is 0.317. The summed E-state index contributed by atoms with van der Waals surface area (Å²) in [6.45, 7) is 0. The van der Waals surface area contributed by atoms with Gasteiger partial charge in [-0.3, -0.25) is 0 Å². The number of nitro groups is 1. The van der Waals surface area contributed by atoms with E-state index in [2.05, 4.69) is 18.2 Å². The van der Waals surface area contributed by atoms with Gasteiger partial charge in [0, 0.05) is 0 Å². The number of benzene rings is 2. The minimum absolute atomic E-state index is 0.0594. The van der Waals surface area contributed by atoms with Gasteiger partial charge in [0.25, 0.3) is 0 Å². The van der Waals surface area contributed by atoms with Gasteiger partial charge in [-0.05, 0) is 0 Å². The van der Waals surface area contributed by atoms with Gasteiger partial charge in [-0.15, -0.1) is 0 Å². The van der Waals surface area contributed by atoms with E-state index in [0.29, 0.717) is 15.0 Å². The first-order valence-corrected chi connectivity index (χ1v) is 8.85. The molecule has 1 aliphatic rings. The van der Waals surface area contributed by atoms with E-state index in [1.165, 1.54) is 22.2 Å². The Hall–Kier alpha value is -1.68. The summed E-state index contributed by atoms with van der Waals surface area (Å²) in [4.78, 5) is 10.2. The normalized spacial score (nSPS) is 18.8. The van der Waals surface area contributed by atoms with Crippen LogP contribution in [0.25, 0.3) is 0 Å². The average molecular weight is 348 g/mol. The van der Waals surface area contributed by atoms with Gasteiger partial charge in [0.05, 0.1) is 0 Å². The van der Waals surface area contributed by atoms with Gasteiger partial charge in [-0.25, -0.2) is 0 Å². The molecule has 0 amide bonds. The van der Waals surface area contributed by atoms with Gasteiger partial charge in [0.2, 0.25) is 0 Å². The van der Waals surface area contributed by atoms with Crippen LogP contribution in [0.1, 0.15) is 17.2 Å². The monoisotopic (exact) mass is 349 g/mol. The summed E-state index contributed by atoms with van der Waals surface area (Å²) < 4.78 is 1.43. The Morgan fingerprint density at radius 3 is 2.62 bits per heavy atom. The van der Waals surface area contributed by atoms with Crippen molar-refractivity contribution in [2.45, 2.75) is 17.8 Å². The molecular weight excluding hydrogens is 333 g/mol. The molecule has 1 aliphatic heterocycles. The molecule has 0 bridgehead atoms. The fraction of sp³-hybridized carbons (Fsp3) is 0.250. The zero-order valence-corrected chi connectivity index (χ0v) is 13.0. The van der Waals surface area contributed by atoms with Gasteiger partial charge in [-0.2, -0.15) is 0 Å². The number of aliphatic hydroxyl groups is 1. The van der Waals surface area contributed by atoms with E-state index >= 15 is 0 Å². The first-order chi connectivity index (χ1) is 10.1. The molecular formula is C16H15NO3Se. The summed E-state index contributed by atoms with van der Waals surface area (Å²) in [5.74, 6) is 0.196. The van der Waals surface area contributed by atoms with Crippen LogP contribution in [-0.4, -0.2) is 25.0 Å². The zero-order valence-electron chi connectivity index (χ0n) is 11.3. The van der Waals surface area contributed by atoms with E-state index in [-0.39, 0.29) is 11.6 Å². The maximum absolute atomic E-state index is 10.7. The van der Waals surface area contributed by atoms with E-state index in [0.717, 1.165) is 17.3 Å². The van der Waals surface area contributed by atoms with E-state index in [4.69, 9.17) is 0 Å². The second-order valence-corrected chi connectivity index (χ2v) is 7.40. The molecule has 0 saturated heterocycles. The van der Waals surface area contributed by atoms with Crippen molar-refractivity contribution in [1.29, 1.82) is 0 Å². The number of nitro benzene ring substituents is 1. The van der Waals surface area contributed by atoms with Crippen molar-refractivity contribution in [3.8, 4) is 0 Å². The van der Waals surface area contributed by atoms with Crippen LogP contribution in [0.2, 0.25) is 5.32 Å². The average Bonchev–Trinajstić information content (AvgIpc) is 2.54. The Morgan fingerprint density at radius 2 is 1.90 bits per heavy atom. The summed E-state index contributed by atoms with van der Waals surface area (Å²) in [7, 11) is 0. The number of hydrogen-bond donors (Lipinski definition) is 1. The molecule has 1 heterocycles. The van der Waals surface area contributed by atoms with Gasteiger partial charge < -0.3 is 0 Å². The first-order valence-electron chi connectivity index (χ1n) is 6.78. The van der Waals surface area contributed by atoms with Crippen molar-refractivity contribution in [3.05, 3.63) is 69.8 Å². The fourth-order valence-corrected chi connectivity index (χ4v) is 5.15. The molecule has 2 aromatic carbocycles. The molecule has 0 fully saturated rings. The van der Waals surface area contributed by atoms with Gasteiger partial charge in [0.1, 0.15) is 0 Å². The summed E-state index contributed by atoms with van der Waals surface area (Å²) in [6, 6.07) is 14.6. The van der Waals surface area contributed by atoms with Gasteiger partial charge in [0.15, 0.2) is 0 Å². The Labute approximate surface area is 129 Å². The number of non-ortho nitro benzene ring substituents is 1. The molecule has 2 atom stereocenters. The molecule has 1 N–H and O–H groups in total. The Kier molecular flexibility index (Phi) is 4.06. The van der Waals surface area contributed by atoms with E-state index in [1.807, 2.05) is 6.07 Å². The summed E-state index contributed by atoms with van der Waals surface area (Å²) >= 11 is 0.390. The van der Waals surface area contributed by atoms with Crippen LogP contribution in [-0.2, 0) is 6.42 Å². The summed E-state index contributed by atoms with van der Waals surface area (Å²) in [5.41, 5.74) is 2.15. The Bertz CT molecular complexity index is 657. The van der Waals surface area contributed by atoms with E-state index in [1.54, 1.807) is 12.1 Å². The second-order valence-electron chi connectivity index (χ2n) is 5.18. The second kappa shape index (κ2) is 5.98. The van der Waals surface area contributed by atoms with Crippen LogP contribution in [0.4, 0.5) is 5.69 Å². The van der Waals surface area contributed by atoms with Crippen LogP contribution >= 0.6 is 0 Å². The van der Waals surface area contributed by atoms with Crippen LogP contribution in [0, 0.1) is 16.0 Å². The standard InChI is InChI=1S/C16H15NO3Se/c18-16(11-5-7-14(8-6-11)17(19)20)13-9-12-3-1-2-4-15(12)21-10-13/h1-8,13,16,18H,9-10H2. The number of fused-ring (bicyclic) bond motifs is 1. The molecule has 0 aliphatic carbocycles. The molecule has 4 nitrogen and oxygen atoms in total. The molecule has 2 aromatic rings. The van der Waals surface area contributed by atoms with Crippen molar-refractivity contribution < 1.29 is 10.0 Å². The van der Waals surface area contributed by atoms with Crippen molar-refractivity contribution >= 4 is 25.1 Å². The third kappa shape index (κ3) is 3.00. The molecule has 0 aromatic heterocycles. The fourth-order valence-electron chi connectivity index (χ4n) is 2.62. The Balaban J connectivity index is 1.77. The van der Waals surface area contributed by atoms with Gasteiger partial charge in [-0.1, -0.05) is 0 Å². The Morgan fingerprint density at radius 1 is 1.19 bits per heavy atom. The van der Waals surface area contributed by atoms with Crippen LogP contribution < -0.4 is 4.46 Å². The number of aliphatic hydroxyl groups excluding tert-OH is 1. The molecule has 5 heteroatoms. The van der Waals surface area contributed by atoms with Crippen molar-refractivity contribution in [1.82, 2.24) is 0 Å². The van der Waals surface area contributed by atoms with Crippen LogP contribution in [0.5, 0.6) is 0 Å². The third-order valence-corrected chi connectivity index (χ3v) is 6.54. The van der Waals surface area contributed by atoms with E-state index in [9.17, 15) is 15.2 Å². The molecule has 2 unspecified atom stereocenters. The number of rotatable bonds is 3. The predicted molar refractivity (Wildman–Crippen MR) is 81.9 cm³/mol. The molecule has 21 heavy (non-hydrogen) atoms. The molecule has 0 saturated carbocycles. The molecule has 0 radical (unpaired) electrons. The molecule has 3 rings (SSSR count). The van der Waals surface area contributed by atoms with Crippen molar-refractivity contribution in [2.24, 2.45) is 5.92 Å². The number of nitrogens with zero attached hydrogens (tertiary/aromatic N) is 1. The molecule has 108 valence electrons. The quantitative estimate of drug-likeness (QED) is 0.526. The SMILES string of the molecule is O=[N+]([O-])c1ccc(C(O)C2C[Se]c3ccccc3C2)cc1. The predicted octanol–water partition coefficient (Wildman–Crippen LogP) is 2.25. The first kappa shape index (κ1) is 14.3. The minimum atomic E-state index is -0.555. The topological polar surface area (TPSA) is 63.4 Å². The van der Waals surface area contributed by atoms with Crippen LogP contribution in [0.3, 0.4) is 0 Å². The zero-order chi connectivity index (χ0) is 14.8. The van der Waals surface area contributed by atoms with Crippen molar-refractivity contribution in [2.75, 3.05) is 0 Å². The third-order valence-electron chi connectivity index (χ3n) is 3.80. The van der Waals surface area contributed by atoms with Crippen molar-refractivity contribution in [3.63, 3.8) is 0 Å². The van der Waals surface area contributed by atoms with E-state index < -0.39 is 11.0 Å². The van der Waals surface area contributed by atoms with Crippen LogP contribution in [0.15, 0.2) is 48.5 Å². The molecule has 0 spiro atoms. The van der Waals surface area contributed by atoms with Gasteiger partial charge >= 0.3 is 129 Å².